The summed E-state index contributed by atoms with van der Waals surface area (Å²) in [7, 11) is 0. The van der Waals surface area contributed by atoms with Gasteiger partial charge in [-0.25, -0.2) is 13.6 Å². The van der Waals surface area contributed by atoms with Gasteiger partial charge in [0, 0.05) is 6.54 Å². The number of hydrogen-bond acceptors (Lipinski definition) is 2. The van der Waals surface area contributed by atoms with E-state index in [0.717, 1.165) is 4.90 Å². The molecule has 4 nitrogen and oxygen atoms in total. The van der Waals surface area contributed by atoms with Crippen molar-refractivity contribution in [2.45, 2.75) is 31.2 Å². The van der Waals surface area contributed by atoms with E-state index in [1.165, 1.54) is 12.1 Å². The molecule has 7 heteroatoms. The second-order valence-electron chi connectivity index (χ2n) is 4.76. The fourth-order valence-electron chi connectivity index (χ4n) is 2.42. The highest BCUT2D eigenvalue weighted by molar-refractivity contribution is 9.10. The van der Waals surface area contributed by atoms with Gasteiger partial charge in [-0.05, 0) is 40.4 Å². The third-order valence-electron chi connectivity index (χ3n) is 3.52. The molecule has 2 N–H and O–H groups in total. The molecule has 3 atom stereocenters. The maximum atomic E-state index is 13.9. The van der Waals surface area contributed by atoms with Crippen LogP contribution in [0, 0.1) is 5.82 Å². The van der Waals surface area contributed by atoms with Crippen LogP contribution in [0.2, 0.25) is 0 Å². The van der Waals surface area contributed by atoms with Crippen molar-refractivity contribution in [3.63, 3.8) is 0 Å². The summed E-state index contributed by atoms with van der Waals surface area (Å²) in [5.41, 5.74) is 0.240. The van der Waals surface area contributed by atoms with Gasteiger partial charge in [-0.2, -0.15) is 0 Å². The molecule has 0 saturated carbocycles. The molecule has 0 bridgehead atoms. The number of carbonyl (C=O) groups is 1. The molecule has 1 aromatic rings. The van der Waals surface area contributed by atoms with Gasteiger partial charge >= 0.3 is 6.09 Å². The third-order valence-corrected chi connectivity index (χ3v) is 4.13. The van der Waals surface area contributed by atoms with Crippen LogP contribution >= 0.6 is 15.9 Å². The maximum absolute atomic E-state index is 13.9. The maximum Gasteiger partial charge on any atom is 0.407 e. The monoisotopic (exact) mass is 349 g/mol. The van der Waals surface area contributed by atoms with Gasteiger partial charge in [0.15, 0.2) is 0 Å². The molecule has 0 aromatic heterocycles. The van der Waals surface area contributed by atoms with Crippen molar-refractivity contribution in [1.29, 1.82) is 0 Å². The van der Waals surface area contributed by atoms with Crippen LogP contribution in [0.25, 0.3) is 0 Å². The quantitative estimate of drug-likeness (QED) is 0.862. The van der Waals surface area contributed by atoms with E-state index in [1.807, 2.05) is 0 Å². The van der Waals surface area contributed by atoms with Gasteiger partial charge in [0.25, 0.3) is 0 Å². The van der Waals surface area contributed by atoms with E-state index in [0.29, 0.717) is 0 Å². The van der Waals surface area contributed by atoms with Crippen molar-refractivity contribution in [1.82, 2.24) is 4.90 Å². The fraction of sp³-hybridized carbons (Fsp3) is 0.462. The van der Waals surface area contributed by atoms with E-state index >= 15 is 0 Å². The predicted molar refractivity (Wildman–Crippen MR) is 71.8 cm³/mol. The molecular formula is C13H14BrF2NO3. The first kappa shape index (κ1) is 15.2. The average Bonchev–Trinajstić information content (AvgIpc) is 2.40. The standard InChI is InChI=1S/C13H14BrF2NO3/c14-8-3-1-2-7(11(8)16)6-10-12(18)9(15)4-5-17(10)13(19)20/h1-3,9-10,12,18H,4-6H2,(H,19,20). The average molecular weight is 350 g/mol. The summed E-state index contributed by atoms with van der Waals surface area (Å²) in [6.45, 7) is -0.00610. The lowest BCUT2D eigenvalue weighted by Crippen LogP contribution is -2.56. The SMILES string of the molecule is O=C(O)N1CCC(F)C(O)C1Cc1cccc(Br)c1F. The highest BCUT2D eigenvalue weighted by Crippen LogP contribution is 2.26. The lowest BCUT2D eigenvalue weighted by molar-refractivity contribution is -0.0344. The Bertz CT molecular complexity index is 514. The molecule has 1 aliphatic heterocycles. The molecule has 1 aromatic carbocycles. The smallest absolute Gasteiger partial charge is 0.407 e. The van der Waals surface area contributed by atoms with Crippen molar-refractivity contribution in [3.8, 4) is 0 Å². The molecule has 1 amide bonds. The van der Waals surface area contributed by atoms with Crippen molar-refractivity contribution < 1.29 is 23.8 Å². The van der Waals surface area contributed by atoms with Crippen LogP contribution in [-0.2, 0) is 6.42 Å². The van der Waals surface area contributed by atoms with Crippen molar-refractivity contribution in [3.05, 3.63) is 34.1 Å². The van der Waals surface area contributed by atoms with Gasteiger partial charge in [0.2, 0.25) is 0 Å². The summed E-state index contributed by atoms with van der Waals surface area (Å²) in [6.07, 6.45) is -4.30. The molecule has 0 aliphatic carbocycles. The summed E-state index contributed by atoms with van der Waals surface area (Å²) < 4.78 is 27.7. The number of benzene rings is 1. The molecule has 1 aliphatic rings. The van der Waals surface area contributed by atoms with Crippen molar-refractivity contribution in [2.24, 2.45) is 0 Å². The summed E-state index contributed by atoms with van der Waals surface area (Å²) in [4.78, 5) is 12.1. The number of amides is 1. The third kappa shape index (κ3) is 2.93. The number of aliphatic hydroxyl groups excluding tert-OH is 1. The number of carboxylic acid groups (broad SMARTS) is 1. The molecule has 1 fully saturated rings. The number of aliphatic hydroxyl groups is 1. The van der Waals surface area contributed by atoms with E-state index < -0.39 is 30.2 Å². The number of hydrogen-bond donors (Lipinski definition) is 2. The van der Waals surface area contributed by atoms with Gasteiger partial charge in [-0.15, -0.1) is 0 Å². The number of rotatable bonds is 2. The second kappa shape index (κ2) is 6.05. The van der Waals surface area contributed by atoms with E-state index in [4.69, 9.17) is 5.11 Å². The van der Waals surface area contributed by atoms with Crippen molar-refractivity contribution in [2.75, 3.05) is 6.54 Å². The minimum absolute atomic E-state index is 0.00610. The van der Waals surface area contributed by atoms with E-state index in [9.17, 15) is 18.7 Å². The molecule has 110 valence electrons. The van der Waals surface area contributed by atoms with E-state index in [-0.39, 0.29) is 29.4 Å². The van der Waals surface area contributed by atoms with Crippen LogP contribution in [0.5, 0.6) is 0 Å². The molecule has 20 heavy (non-hydrogen) atoms. The van der Waals surface area contributed by atoms with Gasteiger partial charge < -0.3 is 15.1 Å². The lowest BCUT2D eigenvalue weighted by atomic mass is 9.92. The van der Waals surface area contributed by atoms with E-state index in [2.05, 4.69) is 15.9 Å². The van der Waals surface area contributed by atoms with Crippen LogP contribution < -0.4 is 0 Å². The Morgan fingerprint density at radius 1 is 1.50 bits per heavy atom. The number of halogens is 3. The minimum atomic E-state index is -1.49. The highest BCUT2D eigenvalue weighted by atomic mass is 79.9. The van der Waals surface area contributed by atoms with Crippen LogP contribution in [0.3, 0.4) is 0 Å². The fourth-order valence-corrected chi connectivity index (χ4v) is 2.83. The van der Waals surface area contributed by atoms with Gasteiger partial charge in [0.05, 0.1) is 10.5 Å². The zero-order valence-corrected chi connectivity index (χ0v) is 12.1. The topological polar surface area (TPSA) is 60.8 Å². The number of alkyl halides is 1. The summed E-state index contributed by atoms with van der Waals surface area (Å²) in [6, 6.07) is 3.63. The zero-order chi connectivity index (χ0) is 14.9. The molecule has 3 unspecified atom stereocenters. The van der Waals surface area contributed by atoms with Gasteiger partial charge in [0.1, 0.15) is 18.1 Å². The molecule has 0 radical (unpaired) electrons. The first-order valence-corrected chi connectivity index (χ1v) is 6.95. The Labute approximate surface area is 123 Å². The Morgan fingerprint density at radius 2 is 2.20 bits per heavy atom. The molecule has 1 saturated heterocycles. The van der Waals surface area contributed by atoms with Crippen LogP contribution in [-0.4, -0.2) is 46.1 Å². The summed E-state index contributed by atoms with van der Waals surface area (Å²) in [5.74, 6) is -0.522. The zero-order valence-electron chi connectivity index (χ0n) is 10.5. The Hall–Kier alpha value is -1.21. The lowest BCUT2D eigenvalue weighted by Gasteiger charge is -2.39. The number of nitrogens with zero attached hydrogens (tertiary/aromatic N) is 1. The highest BCUT2D eigenvalue weighted by Gasteiger charge is 2.39. The predicted octanol–water partition coefficient (Wildman–Crippen LogP) is 2.58. The van der Waals surface area contributed by atoms with Gasteiger partial charge in [-0.3, -0.25) is 0 Å². The van der Waals surface area contributed by atoms with Crippen LogP contribution in [0.15, 0.2) is 22.7 Å². The minimum Gasteiger partial charge on any atom is -0.465 e. The molecular weight excluding hydrogens is 336 g/mol. The largest absolute Gasteiger partial charge is 0.465 e. The van der Waals surface area contributed by atoms with Crippen LogP contribution in [0.1, 0.15) is 12.0 Å². The Morgan fingerprint density at radius 3 is 2.85 bits per heavy atom. The van der Waals surface area contributed by atoms with E-state index in [1.54, 1.807) is 6.07 Å². The first-order valence-electron chi connectivity index (χ1n) is 6.16. The Kier molecular flexibility index (Phi) is 4.59. The molecule has 1 heterocycles. The number of piperidine rings is 1. The number of likely N-dealkylation sites (tertiary alicyclic amines) is 1. The van der Waals surface area contributed by atoms with Gasteiger partial charge in [-0.1, -0.05) is 12.1 Å². The summed E-state index contributed by atoms with van der Waals surface area (Å²) in [5, 5.41) is 19.0. The van der Waals surface area contributed by atoms with Crippen LogP contribution in [0.4, 0.5) is 13.6 Å². The van der Waals surface area contributed by atoms with Crippen molar-refractivity contribution >= 4 is 22.0 Å². The second-order valence-corrected chi connectivity index (χ2v) is 5.61. The Balaban J connectivity index is 2.27. The molecule has 2 rings (SSSR count). The first-order chi connectivity index (χ1) is 9.41. The summed E-state index contributed by atoms with van der Waals surface area (Å²) >= 11 is 3.04. The molecule has 0 spiro atoms. The normalized spacial score (nSPS) is 26.6.